The maximum absolute atomic E-state index is 12.1. The fraction of sp³-hybridized carbons (Fsp3) is 0.294. The molecule has 4 heteroatoms. The third-order valence-corrected chi connectivity index (χ3v) is 3.38. The normalized spacial score (nSPS) is 12.0. The van der Waals surface area contributed by atoms with E-state index in [-0.39, 0.29) is 23.4 Å². The molecule has 1 aromatic carbocycles. The molecule has 1 heterocycles. The number of amides is 1. The lowest BCUT2D eigenvalue weighted by Crippen LogP contribution is -2.34. The maximum Gasteiger partial charge on any atom is 0.273 e. The van der Waals surface area contributed by atoms with Gasteiger partial charge in [0.25, 0.3) is 5.91 Å². The molecule has 1 atom stereocenters. The number of carbonyl (C=O) groups is 1. The van der Waals surface area contributed by atoms with Crippen LogP contribution < -0.4 is 5.32 Å². The first-order valence-electron chi connectivity index (χ1n) is 6.98. The summed E-state index contributed by atoms with van der Waals surface area (Å²) in [6.45, 7) is 5.72. The van der Waals surface area contributed by atoms with Gasteiger partial charge in [-0.2, -0.15) is 0 Å². The number of carbonyl (C=O) groups excluding carboxylic acids is 1. The second-order valence-corrected chi connectivity index (χ2v) is 5.39. The predicted molar refractivity (Wildman–Crippen MR) is 82.5 cm³/mol. The summed E-state index contributed by atoms with van der Waals surface area (Å²) in [6, 6.07) is 9.85. The van der Waals surface area contributed by atoms with E-state index < -0.39 is 0 Å². The van der Waals surface area contributed by atoms with Crippen LogP contribution in [-0.4, -0.2) is 22.0 Å². The summed E-state index contributed by atoms with van der Waals surface area (Å²) in [7, 11) is 0. The lowest BCUT2D eigenvalue weighted by Gasteiger charge is -2.14. The zero-order chi connectivity index (χ0) is 15.4. The Balaban J connectivity index is 2.02. The summed E-state index contributed by atoms with van der Waals surface area (Å²) < 4.78 is 0. The topological polar surface area (TPSA) is 62.2 Å². The summed E-state index contributed by atoms with van der Waals surface area (Å²) >= 11 is 0. The van der Waals surface area contributed by atoms with Crippen molar-refractivity contribution in [3.8, 4) is 5.75 Å². The van der Waals surface area contributed by atoms with Gasteiger partial charge >= 0.3 is 0 Å². The molecule has 1 amide bonds. The van der Waals surface area contributed by atoms with Crippen LogP contribution in [0, 0.1) is 13.8 Å². The highest BCUT2D eigenvalue weighted by atomic mass is 16.3. The molecule has 2 aromatic rings. The average Bonchev–Trinajstić information content (AvgIpc) is 2.44. The molecule has 1 aromatic heterocycles. The van der Waals surface area contributed by atoms with Crippen molar-refractivity contribution in [1.29, 1.82) is 0 Å². The Labute approximate surface area is 124 Å². The fourth-order valence-electron chi connectivity index (χ4n) is 2.14. The van der Waals surface area contributed by atoms with Crippen molar-refractivity contribution in [2.45, 2.75) is 33.2 Å². The van der Waals surface area contributed by atoms with Gasteiger partial charge in [0.1, 0.15) is 5.75 Å². The Morgan fingerprint density at radius 1 is 1.24 bits per heavy atom. The number of hydrogen-bond donors (Lipinski definition) is 2. The number of benzene rings is 1. The van der Waals surface area contributed by atoms with E-state index in [2.05, 4.69) is 34.6 Å². The molecular formula is C17H20N2O2. The van der Waals surface area contributed by atoms with E-state index in [0.29, 0.717) is 5.56 Å². The molecule has 0 aliphatic heterocycles. The Hall–Kier alpha value is -2.36. The smallest absolute Gasteiger partial charge is 0.273 e. The van der Waals surface area contributed by atoms with Crippen molar-refractivity contribution in [3.63, 3.8) is 0 Å². The third-order valence-electron chi connectivity index (χ3n) is 3.38. The number of aromatic hydroxyl groups is 1. The number of pyridine rings is 1. The van der Waals surface area contributed by atoms with Crippen LogP contribution in [0.3, 0.4) is 0 Å². The Kier molecular flexibility index (Phi) is 4.58. The molecule has 0 saturated carbocycles. The van der Waals surface area contributed by atoms with Crippen LogP contribution in [0.4, 0.5) is 0 Å². The quantitative estimate of drug-likeness (QED) is 0.907. The van der Waals surface area contributed by atoms with Crippen LogP contribution in [0.25, 0.3) is 0 Å². The third kappa shape index (κ3) is 3.81. The van der Waals surface area contributed by atoms with Crippen LogP contribution in [0.15, 0.2) is 36.5 Å². The highest BCUT2D eigenvalue weighted by Crippen LogP contribution is 2.19. The van der Waals surface area contributed by atoms with Crippen molar-refractivity contribution in [1.82, 2.24) is 10.3 Å². The van der Waals surface area contributed by atoms with Gasteiger partial charge in [-0.05, 0) is 44.4 Å². The van der Waals surface area contributed by atoms with Crippen molar-refractivity contribution < 1.29 is 9.90 Å². The molecule has 2 rings (SSSR count). The van der Waals surface area contributed by atoms with Gasteiger partial charge in [-0.3, -0.25) is 4.79 Å². The highest BCUT2D eigenvalue weighted by Gasteiger charge is 2.16. The molecule has 0 radical (unpaired) electrons. The molecule has 0 aliphatic rings. The Morgan fingerprint density at radius 2 is 1.90 bits per heavy atom. The summed E-state index contributed by atoms with van der Waals surface area (Å²) in [5.41, 5.74) is 3.09. The van der Waals surface area contributed by atoms with Gasteiger partial charge in [0.05, 0.1) is 0 Å². The SMILES string of the molecule is Cc1ccc(C[C@@H](C)NC(=O)c2nccc(C)c2O)cc1. The van der Waals surface area contributed by atoms with E-state index in [1.54, 1.807) is 13.0 Å². The van der Waals surface area contributed by atoms with E-state index in [1.165, 1.54) is 11.8 Å². The van der Waals surface area contributed by atoms with Crippen LogP contribution in [0.5, 0.6) is 5.75 Å². The molecule has 110 valence electrons. The molecule has 0 fully saturated rings. The molecular weight excluding hydrogens is 264 g/mol. The van der Waals surface area contributed by atoms with E-state index in [0.717, 1.165) is 12.0 Å². The van der Waals surface area contributed by atoms with Gasteiger partial charge in [-0.15, -0.1) is 0 Å². The number of nitrogens with zero attached hydrogens (tertiary/aromatic N) is 1. The molecule has 4 nitrogen and oxygen atoms in total. The maximum atomic E-state index is 12.1. The average molecular weight is 284 g/mol. The van der Waals surface area contributed by atoms with Gasteiger partial charge in [-0.1, -0.05) is 29.8 Å². The molecule has 2 N–H and O–H groups in total. The molecule has 0 unspecified atom stereocenters. The summed E-state index contributed by atoms with van der Waals surface area (Å²) in [5, 5.41) is 12.7. The fourth-order valence-corrected chi connectivity index (χ4v) is 2.14. The minimum absolute atomic E-state index is 0.0399. The zero-order valence-electron chi connectivity index (χ0n) is 12.6. The molecule has 0 spiro atoms. The van der Waals surface area contributed by atoms with Crippen molar-refractivity contribution in [2.75, 3.05) is 0 Å². The highest BCUT2D eigenvalue weighted by molar-refractivity contribution is 5.95. The largest absolute Gasteiger partial charge is 0.505 e. The standard InChI is InChI=1S/C17H20N2O2/c1-11-4-6-14(7-5-11)10-13(3)19-17(21)15-16(20)12(2)8-9-18-15/h4-9,13,20H,10H2,1-3H3,(H,19,21)/t13-/m1/s1. The molecule has 0 saturated heterocycles. The first kappa shape index (κ1) is 15.0. The van der Waals surface area contributed by atoms with Crippen molar-refractivity contribution in [2.24, 2.45) is 0 Å². The van der Waals surface area contributed by atoms with Gasteiger partial charge in [0.15, 0.2) is 5.69 Å². The van der Waals surface area contributed by atoms with E-state index in [1.807, 2.05) is 13.8 Å². The summed E-state index contributed by atoms with van der Waals surface area (Å²) in [4.78, 5) is 16.1. The number of aryl methyl sites for hydroxylation is 2. The minimum atomic E-state index is -0.351. The first-order chi connectivity index (χ1) is 9.97. The van der Waals surface area contributed by atoms with Gasteiger partial charge in [-0.25, -0.2) is 4.98 Å². The Bertz CT molecular complexity index is 636. The first-order valence-corrected chi connectivity index (χ1v) is 6.98. The number of nitrogens with one attached hydrogen (secondary N) is 1. The summed E-state index contributed by atoms with van der Waals surface area (Å²) in [5.74, 6) is -0.409. The lowest BCUT2D eigenvalue weighted by molar-refractivity contribution is 0.0932. The Morgan fingerprint density at radius 3 is 2.57 bits per heavy atom. The van der Waals surface area contributed by atoms with Crippen LogP contribution in [0.1, 0.15) is 34.1 Å². The second kappa shape index (κ2) is 6.39. The molecule has 0 bridgehead atoms. The molecule has 0 aliphatic carbocycles. The number of rotatable bonds is 4. The molecule has 21 heavy (non-hydrogen) atoms. The second-order valence-electron chi connectivity index (χ2n) is 5.39. The van der Waals surface area contributed by atoms with Crippen molar-refractivity contribution in [3.05, 3.63) is 58.9 Å². The monoisotopic (exact) mass is 284 g/mol. The zero-order valence-corrected chi connectivity index (χ0v) is 12.6. The summed E-state index contributed by atoms with van der Waals surface area (Å²) in [6.07, 6.45) is 2.26. The number of aromatic nitrogens is 1. The van der Waals surface area contributed by atoms with E-state index in [9.17, 15) is 9.90 Å². The van der Waals surface area contributed by atoms with E-state index >= 15 is 0 Å². The van der Waals surface area contributed by atoms with Gasteiger partial charge in [0, 0.05) is 12.2 Å². The van der Waals surface area contributed by atoms with Gasteiger partial charge < -0.3 is 10.4 Å². The van der Waals surface area contributed by atoms with E-state index in [4.69, 9.17) is 0 Å². The lowest BCUT2D eigenvalue weighted by atomic mass is 10.1. The van der Waals surface area contributed by atoms with Crippen LogP contribution in [-0.2, 0) is 6.42 Å². The van der Waals surface area contributed by atoms with Crippen LogP contribution >= 0.6 is 0 Å². The van der Waals surface area contributed by atoms with Gasteiger partial charge in [0.2, 0.25) is 0 Å². The van der Waals surface area contributed by atoms with Crippen LogP contribution in [0.2, 0.25) is 0 Å². The predicted octanol–water partition coefficient (Wildman–Crippen LogP) is 2.77. The van der Waals surface area contributed by atoms with Crippen molar-refractivity contribution >= 4 is 5.91 Å². The minimum Gasteiger partial charge on any atom is -0.505 e. The number of hydrogen-bond acceptors (Lipinski definition) is 3.